The van der Waals surface area contributed by atoms with E-state index in [4.69, 9.17) is 9.15 Å². The van der Waals surface area contributed by atoms with Crippen molar-refractivity contribution in [2.75, 3.05) is 13.2 Å². The van der Waals surface area contributed by atoms with E-state index in [1.807, 2.05) is 30.3 Å². The van der Waals surface area contributed by atoms with Gasteiger partial charge in [-0.2, -0.15) is 0 Å². The molecule has 0 bridgehead atoms. The maximum absolute atomic E-state index is 11.7. The Morgan fingerprint density at radius 1 is 1.37 bits per heavy atom. The summed E-state index contributed by atoms with van der Waals surface area (Å²) in [7, 11) is 0. The monoisotopic (exact) mass is 260 g/mol. The second kappa shape index (κ2) is 6.70. The lowest BCUT2D eigenvalue weighted by Crippen LogP contribution is -2.28. The van der Waals surface area contributed by atoms with E-state index in [-0.39, 0.29) is 5.91 Å². The van der Waals surface area contributed by atoms with Gasteiger partial charge in [0.25, 0.3) is 5.91 Å². The second-order valence-electron chi connectivity index (χ2n) is 4.05. The third kappa shape index (κ3) is 3.93. The van der Waals surface area contributed by atoms with Gasteiger partial charge in [0.05, 0.1) is 13.2 Å². The van der Waals surface area contributed by atoms with Gasteiger partial charge in [-0.05, 0) is 12.5 Å². The molecule has 0 aliphatic heterocycles. The molecular formula is C14H16N2O3. The van der Waals surface area contributed by atoms with Crippen LogP contribution in [0.2, 0.25) is 0 Å². The first-order chi connectivity index (χ1) is 9.27. The number of nitrogens with one attached hydrogen (secondary N) is 1. The Balaban J connectivity index is 1.65. The third-order valence-electron chi connectivity index (χ3n) is 2.60. The number of ether oxygens (including phenoxy) is 1. The highest BCUT2D eigenvalue weighted by atomic mass is 16.5. The van der Waals surface area contributed by atoms with Crippen LogP contribution in [0, 0.1) is 6.92 Å². The molecule has 1 aromatic heterocycles. The van der Waals surface area contributed by atoms with E-state index in [9.17, 15) is 4.79 Å². The van der Waals surface area contributed by atoms with Gasteiger partial charge in [0.1, 0.15) is 5.76 Å². The van der Waals surface area contributed by atoms with E-state index in [0.29, 0.717) is 31.2 Å². The van der Waals surface area contributed by atoms with Crippen LogP contribution in [-0.2, 0) is 11.3 Å². The summed E-state index contributed by atoms with van der Waals surface area (Å²) < 4.78 is 10.4. The maximum Gasteiger partial charge on any atom is 0.273 e. The van der Waals surface area contributed by atoms with E-state index in [1.54, 1.807) is 6.92 Å². The fourth-order valence-corrected chi connectivity index (χ4v) is 1.61. The van der Waals surface area contributed by atoms with Gasteiger partial charge in [0, 0.05) is 6.54 Å². The van der Waals surface area contributed by atoms with Crippen LogP contribution < -0.4 is 5.32 Å². The lowest BCUT2D eigenvalue weighted by atomic mass is 10.2. The highest BCUT2D eigenvalue weighted by Gasteiger charge is 2.12. The average Bonchev–Trinajstić information content (AvgIpc) is 2.86. The molecule has 0 saturated carbocycles. The Hall–Kier alpha value is -2.14. The highest BCUT2D eigenvalue weighted by Crippen LogP contribution is 2.03. The molecule has 1 amide bonds. The summed E-state index contributed by atoms with van der Waals surface area (Å²) in [6, 6.07) is 9.89. The molecule has 0 radical (unpaired) electrons. The number of carbonyl (C=O) groups is 1. The van der Waals surface area contributed by atoms with Crippen LogP contribution in [-0.4, -0.2) is 24.0 Å². The molecule has 1 aromatic carbocycles. The number of hydrogen-bond acceptors (Lipinski definition) is 4. The molecule has 0 aliphatic rings. The Morgan fingerprint density at radius 3 is 2.84 bits per heavy atom. The summed E-state index contributed by atoms with van der Waals surface area (Å²) in [5.74, 6) is 0.275. The van der Waals surface area contributed by atoms with Crippen molar-refractivity contribution < 1.29 is 13.9 Å². The summed E-state index contributed by atoms with van der Waals surface area (Å²) in [4.78, 5) is 15.5. The highest BCUT2D eigenvalue weighted by molar-refractivity contribution is 5.92. The number of rotatable bonds is 6. The first-order valence-electron chi connectivity index (χ1n) is 6.07. The number of amides is 1. The van der Waals surface area contributed by atoms with Crippen molar-refractivity contribution in [3.63, 3.8) is 0 Å². The lowest BCUT2D eigenvalue weighted by Gasteiger charge is -2.05. The summed E-state index contributed by atoms with van der Waals surface area (Å²) in [6.07, 6.45) is 1.26. The Labute approximate surface area is 111 Å². The SMILES string of the molecule is Cc1ocnc1C(=O)NCCOCc1ccccc1. The maximum atomic E-state index is 11.7. The molecule has 0 aliphatic carbocycles. The normalized spacial score (nSPS) is 10.4. The molecule has 0 fully saturated rings. The average molecular weight is 260 g/mol. The minimum absolute atomic E-state index is 0.241. The fourth-order valence-electron chi connectivity index (χ4n) is 1.61. The molecule has 1 N–H and O–H groups in total. The second-order valence-corrected chi connectivity index (χ2v) is 4.05. The topological polar surface area (TPSA) is 64.4 Å². The van der Waals surface area contributed by atoms with Crippen molar-refractivity contribution in [2.24, 2.45) is 0 Å². The van der Waals surface area contributed by atoms with Gasteiger partial charge in [-0.15, -0.1) is 0 Å². The van der Waals surface area contributed by atoms with Crippen LogP contribution in [0.4, 0.5) is 0 Å². The molecule has 2 rings (SSSR count). The van der Waals surface area contributed by atoms with Crippen LogP contribution in [0.5, 0.6) is 0 Å². The van der Waals surface area contributed by atoms with E-state index < -0.39 is 0 Å². The van der Waals surface area contributed by atoms with Gasteiger partial charge in [0.15, 0.2) is 12.1 Å². The fraction of sp³-hybridized carbons (Fsp3) is 0.286. The van der Waals surface area contributed by atoms with Crippen molar-refractivity contribution in [1.29, 1.82) is 0 Å². The zero-order chi connectivity index (χ0) is 13.5. The minimum atomic E-state index is -0.241. The summed E-state index contributed by atoms with van der Waals surface area (Å²) in [5, 5.41) is 2.73. The number of carbonyl (C=O) groups excluding carboxylic acids is 1. The summed E-state index contributed by atoms with van der Waals surface area (Å²) in [6.45, 7) is 3.14. The number of nitrogens with zero attached hydrogens (tertiary/aromatic N) is 1. The van der Waals surface area contributed by atoms with Crippen LogP contribution in [0.25, 0.3) is 0 Å². The van der Waals surface area contributed by atoms with Gasteiger partial charge in [-0.3, -0.25) is 4.79 Å². The van der Waals surface area contributed by atoms with Crippen LogP contribution in [0.15, 0.2) is 41.1 Å². The molecule has 100 valence electrons. The Bertz CT molecular complexity index is 522. The first kappa shape index (κ1) is 13.3. The molecule has 0 atom stereocenters. The standard InChI is InChI=1S/C14H16N2O3/c1-11-13(16-10-19-11)14(17)15-7-8-18-9-12-5-3-2-4-6-12/h2-6,10H,7-9H2,1H3,(H,15,17). The number of benzene rings is 1. The largest absolute Gasteiger partial charge is 0.448 e. The van der Waals surface area contributed by atoms with Gasteiger partial charge >= 0.3 is 0 Å². The Morgan fingerprint density at radius 2 is 2.16 bits per heavy atom. The van der Waals surface area contributed by atoms with E-state index in [2.05, 4.69) is 10.3 Å². The van der Waals surface area contributed by atoms with Gasteiger partial charge in [0.2, 0.25) is 0 Å². The molecule has 2 aromatic rings. The first-order valence-corrected chi connectivity index (χ1v) is 6.07. The number of oxazole rings is 1. The molecule has 1 heterocycles. The van der Waals surface area contributed by atoms with E-state index in [0.717, 1.165) is 5.56 Å². The van der Waals surface area contributed by atoms with Crippen molar-refractivity contribution in [2.45, 2.75) is 13.5 Å². The zero-order valence-electron chi connectivity index (χ0n) is 10.8. The quantitative estimate of drug-likeness (QED) is 0.806. The van der Waals surface area contributed by atoms with E-state index >= 15 is 0 Å². The van der Waals surface area contributed by atoms with Crippen molar-refractivity contribution in [3.05, 3.63) is 53.7 Å². The number of aromatic nitrogens is 1. The predicted molar refractivity (Wildman–Crippen MR) is 69.7 cm³/mol. The zero-order valence-corrected chi connectivity index (χ0v) is 10.8. The molecule has 19 heavy (non-hydrogen) atoms. The lowest BCUT2D eigenvalue weighted by molar-refractivity contribution is 0.0895. The third-order valence-corrected chi connectivity index (χ3v) is 2.60. The molecule has 0 unspecified atom stereocenters. The van der Waals surface area contributed by atoms with Crippen molar-refractivity contribution in [3.8, 4) is 0 Å². The molecule has 0 spiro atoms. The molecule has 0 saturated heterocycles. The minimum Gasteiger partial charge on any atom is -0.448 e. The molecule has 5 heteroatoms. The van der Waals surface area contributed by atoms with Crippen LogP contribution in [0.3, 0.4) is 0 Å². The summed E-state index contributed by atoms with van der Waals surface area (Å²) >= 11 is 0. The molecule has 5 nitrogen and oxygen atoms in total. The van der Waals surface area contributed by atoms with Crippen molar-refractivity contribution in [1.82, 2.24) is 10.3 Å². The van der Waals surface area contributed by atoms with Gasteiger partial charge in [-0.25, -0.2) is 4.98 Å². The van der Waals surface area contributed by atoms with Crippen LogP contribution >= 0.6 is 0 Å². The van der Waals surface area contributed by atoms with Gasteiger partial charge < -0.3 is 14.5 Å². The summed E-state index contributed by atoms with van der Waals surface area (Å²) in [5.41, 5.74) is 1.43. The number of hydrogen-bond donors (Lipinski definition) is 1. The van der Waals surface area contributed by atoms with Gasteiger partial charge in [-0.1, -0.05) is 30.3 Å². The van der Waals surface area contributed by atoms with Crippen LogP contribution in [0.1, 0.15) is 21.8 Å². The molecular weight excluding hydrogens is 244 g/mol. The smallest absolute Gasteiger partial charge is 0.273 e. The van der Waals surface area contributed by atoms with E-state index in [1.165, 1.54) is 6.39 Å². The predicted octanol–water partition coefficient (Wildman–Crippen LogP) is 1.93. The Kier molecular flexibility index (Phi) is 4.69. The number of aryl methyl sites for hydroxylation is 1. The van der Waals surface area contributed by atoms with Crippen molar-refractivity contribution >= 4 is 5.91 Å².